The van der Waals surface area contributed by atoms with E-state index in [0.717, 1.165) is 29.5 Å². The van der Waals surface area contributed by atoms with Crippen LogP contribution in [0.15, 0.2) is 150 Å². The highest BCUT2D eigenvalue weighted by Gasteiger charge is 2.26. The van der Waals surface area contributed by atoms with Crippen molar-refractivity contribution in [2.24, 2.45) is 30.7 Å². The number of rotatable bonds is 11. The summed E-state index contributed by atoms with van der Waals surface area (Å²) in [4.78, 5) is 31.7. The lowest BCUT2D eigenvalue weighted by atomic mass is 10.1. The summed E-state index contributed by atoms with van der Waals surface area (Å²) in [6.45, 7) is 1.55. The molecule has 0 unspecified atom stereocenters. The van der Waals surface area contributed by atoms with Crippen molar-refractivity contribution in [2.75, 3.05) is 5.32 Å². The molecule has 25 heteroatoms. The Morgan fingerprint density at radius 2 is 1.43 bits per heavy atom. The van der Waals surface area contributed by atoms with Gasteiger partial charge in [-0.25, -0.2) is 14.8 Å². The van der Waals surface area contributed by atoms with Gasteiger partial charge in [0.2, 0.25) is 11.0 Å². The topological polar surface area (TPSA) is 344 Å². The molecule has 0 aliphatic heterocycles. The van der Waals surface area contributed by atoms with Crippen LogP contribution in [0.1, 0.15) is 31.8 Å². The number of nitriles is 1. The van der Waals surface area contributed by atoms with Crippen LogP contribution < -0.4 is 5.32 Å². The number of aromatic carboxylic acids is 1. The van der Waals surface area contributed by atoms with E-state index in [-0.39, 0.29) is 72.4 Å². The molecule has 6 N–H and O–H groups in total. The van der Waals surface area contributed by atoms with E-state index in [0.29, 0.717) is 21.3 Å². The van der Waals surface area contributed by atoms with Crippen molar-refractivity contribution in [1.29, 1.82) is 5.26 Å². The molecule has 0 saturated heterocycles. The molecule has 1 amide bonds. The Bertz CT molecular complexity index is 4060. The van der Waals surface area contributed by atoms with Crippen molar-refractivity contribution in [3.63, 3.8) is 0 Å². The molecule has 22 nitrogen and oxygen atoms in total. The number of fused-ring (bicyclic) bond motifs is 5. The number of carboxylic acids is 1. The van der Waals surface area contributed by atoms with Gasteiger partial charge in [0.05, 0.1) is 38.2 Å². The molecule has 0 fully saturated rings. The Kier molecular flexibility index (Phi) is 11.4. The van der Waals surface area contributed by atoms with E-state index >= 15 is 0 Å². The molecule has 342 valence electrons. The minimum atomic E-state index is -5.25. The highest BCUT2D eigenvalue weighted by Crippen LogP contribution is 2.45. The number of anilines is 1. The van der Waals surface area contributed by atoms with Gasteiger partial charge in [-0.2, -0.15) is 27.2 Å². The zero-order valence-electron chi connectivity index (χ0n) is 34.8. The molecule has 0 aliphatic rings. The van der Waals surface area contributed by atoms with Gasteiger partial charge in [0.15, 0.2) is 17.1 Å². The van der Waals surface area contributed by atoms with Gasteiger partial charge in [0.25, 0.3) is 26.1 Å². The molecule has 0 bridgehead atoms. The SMILES string of the molecule is Cc1c(N=Nc2ccc3c(O)c(N=Nc4cc(NC(=O)c5ccccc5)c(N=Nc5nc6ccc(C(=O)O)cc6s5)cc4S(=O)(=O)O)c(S(=O)(=O)O)cc3c2)c(O)n2c(nc3ccccc32)c1C#N. The van der Waals surface area contributed by atoms with Gasteiger partial charge in [0.1, 0.15) is 38.5 Å². The number of imidazole rings is 1. The molecule has 0 saturated carbocycles. The Morgan fingerprint density at radius 3 is 2.16 bits per heavy atom. The minimum absolute atomic E-state index is 0.00496. The quantitative estimate of drug-likeness (QED) is 0.0518. The molecule has 9 aromatic rings. The molecular formula is C44H27N11O11S3. The number of hydrogen-bond acceptors (Lipinski definition) is 18. The highest BCUT2D eigenvalue weighted by atomic mass is 32.2. The predicted octanol–water partition coefficient (Wildman–Crippen LogP) is 10.5. The van der Waals surface area contributed by atoms with Crippen molar-refractivity contribution in [1.82, 2.24) is 14.4 Å². The second kappa shape index (κ2) is 17.4. The first-order chi connectivity index (χ1) is 32.9. The summed E-state index contributed by atoms with van der Waals surface area (Å²) >= 11 is 0.946. The van der Waals surface area contributed by atoms with Gasteiger partial charge in [-0.15, -0.1) is 25.6 Å². The van der Waals surface area contributed by atoms with Gasteiger partial charge in [0, 0.05) is 16.5 Å². The number of carbonyl (C=O) groups excluding carboxylic acids is 1. The number of benzene rings is 6. The number of phenols is 1. The Balaban J connectivity index is 1.12. The number of carbonyl (C=O) groups is 2. The summed E-state index contributed by atoms with van der Waals surface area (Å²) < 4.78 is 73.9. The highest BCUT2D eigenvalue weighted by molar-refractivity contribution is 7.86. The normalized spacial score (nSPS) is 12.3. The van der Waals surface area contributed by atoms with Crippen LogP contribution in [-0.4, -0.2) is 67.5 Å². The molecule has 3 heterocycles. The van der Waals surface area contributed by atoms with Crippen LogP contribution in [0.3, 0.4) is 0 Å². The third-order valence-corrected chi connectivity index (χ3v) is 13.0. The monoisotopic (exact) mass is 981 g/mol. The van der Waals surface area contributed by atoms with Crippen LogP contribution in [0.2, 0.25) is 0 Å². The first-order valence-electron chi connectivity index (χ1n) is 19.6. The van der Waals surface area contributed by atoms with E-state index in [1.54, 1.807) is 49.4 Å². The summed E-state index contributed by atoms with van der Waals surface area (Å²) in [6.07, 6.45) is 0. The summed E-state index contributed by atoms with van der Waals surface area (Å²) in [6, 6.07) is 27.4. The van der Waals surface area contributed by atoms with Gasteiger partial charge in [-0.05, 0) is 91.2 Å². The van der Waals surface area contributed by atoms with Gasteiger partial charge in [-0.3, -0.25) is 18.3 Å². The second-order valence-electron chi connectivity index (χ2n) is 14.7. The maximum Gasteiger partial charge on any atom is 0.335 e. The number of nitrogens with one attached hydrogen (secondary N) is 1. The van der Waals surface area contributed by atoms with Crippen molar-refractivity contribution in [3.05, 3.63) is 131 Å². The van der Waals surface area contributed by atoms with E-state index in [1.165, 1.54) is 52.9 Å². The number of aromatic nitrogens is 3. The summed E-state index contributed by atoms with van der Waals surface area (Å²) in [7, 11) is -10.5. The number of aromatic hydroxyl groups is 2. The number of para-hydroxylation sites is 2. The van der Waals surface area contributed by atoms with Crippen LogP contribution in [0.5, 0.6) is 11.6 Å². The minimum Gasteiger partial charge on any atom is -0.505 e. The zero-order valence-corrected chi connectivity index (χ0v) is 37.2. The van der Waals surface area contributed by atoms with E-state index in [2.05, 4.69) is 52.0 Å². The molecular weight excluding hydrogens is 955 g/mol. The van der Waals surface area contributed by atoms with Gasteiger partial charge >= 0.3 is 5.97 Å². The molecule has 6 aromatic carbocycles. The number of hydrogen-bond donors (Lipinski definition) is 6. The molecule has 0 atom stereocenters. The van der Waals surface area contributed by atoms with Crippen molar-refractivity contribution < 1.29 is 50.8 Å². The van der Waals surface area contributed by atoms with E-state index < -0.39 is 59.0 Å². The van der Waals surface area contributed by atoms with Crippen LogP contribution in [0, 0.1) is 18.3 Å². The first-order valence-corrected chi connectivity index (χ1v) is 23.3. The number of thiazole rings is 1. The number of phenolic OH excluding ortho intramolecular Hbond substituents is 1. The van der Waals surface area contributed by atoms with Crippen molar-refractivity contribution in [2.45, 2.75) is 16.7 Å². The third-order valence-electron chi connectivity index (χ3n) is 10.4. The molecule has 0 spiro atoms. The fourth-order valence-corrected chi connectivity index (χ4v) is 9.23. The number of carboxylic acid groups (broad SMARTS) is 1. The fraction of sp³-hybridized carbons (Fsp3) is 0.0227. The van der Waals surface area contributed by atoms with Gasteiger partial charge < -0.3 is 20.6 Å². The lowest BCUT2D eigenvalue weighted by Gasteiger charge is -2.12. The average molecular weight is 982 g/mol. The number of azo groups is 3. The lowest BCUT2D eigenvalue weighted by molar-refractivity contribution is 0.0696. The molecule has 0 radical (unpaired) electrons. The predicted molar refractivity (Wildman–Crippen MR) is 249 cm³/mol. The van der Waals surface area contributed by atoms with Crippen LogP contribution in [-0.2, 0) is 20.2 Å². The zero-order chi connectivity index (χ0) is 48.9. The lowest BCUT2D eigenvalue weighted by Crippen LogP contribution is -2.12. The summed E-state index contributed by atoms with van der Waals surface area (Å²) in [5, 5.41) is 68.9. The Hall–Kier alpha value is -8.93. The fourth-order valence-electron chi connectivity index (χ4n) is 7.12. The Labute approximate surface area is 391 Å². The van der Waals surface area contributed by atoms with Crippen molar-refractivity contribution >= 4 is 120 Å². The third kappa shape index (κ3) is 8.66. The Morgan fingerprint density at radius 1 is 0.725 bits per heavy atom. The van der Waals surface area contributed by atoms with Crippen LogP contribution in [0.4, 0.5) is 39.3 Å². The summed E-state index contributed by atoms with van der Waals surface area (Å²) in [5.74, 6) is -3.12. The first kappa shape index (κ1) is 45.2. The van der Waals surface area contributed by atoms with Crippen LogP contribution in [0.25, 0.3) is 37.7 Å². The largest absolute Gasteiger partial charge is 0.505 e. The van der Waals surface area contributed by atoms with E-state index in [9.17, 15) is 56.1 Å². The second-order valence-corrected chi connectivity index (χ2v) is 18.5. The molecule has 9 rings (SSSR count). The van der Waals surface area contributed by atoms with Crippen LogP contribution >= 0.6 is 11.3 Å². The standard InChI is InChI=1S/C44H27N11O11S3/c1-21-27(20-45)40-46-28-9-5-6-10-33(28)55(40)42(58)37(21)52-49-25-12-13-26-24(15-25)17-36(69(64,65)66)38(39(26)56)53-51-32-18-30(47-41(57)22-7-3-2-4-8-22)31(19-35(32)68(61,62)63)50-54-44-48-29-14-11-23(43(59)60)16-34(29)67-44/h2-19,56,58H,1H3,(H,47,57)(H,59,60)(H,61,62,63)(H,64,65,66). The van der Waals surface area contributed by atoms with Gasteiger partial charge in [-0.1, -0.05) is 41.7 Å². The number of amides is 1. The number of nitrogens with zero attached hydrogens (tertiary/aromatic N) is 10. The maximum absolute atomic E-state index is 13.4. The van der Waals surface area contributed by atoms with E-state index in [4.69, 9.17) is 0 Å². The molecule has 3 aromatic heterocycles. The summed E-state index contributed by atoms with van der Waals surface area (Å²) in [5.41, 5.74) is -0.112. The maximum atomic E-state index is 13.4. The van der Waals surface area contributed by atoms with Crippen molar-refractivity contribution in [3.8, 4) is 17.7 Å². The molecule has 69 heavy (non-hydrogen) atoms. The average Bonchev–Trinajstić information content (AvgIpc) is 3.91. The smallest absolute Gasteiger partial charge is 0.335 e. The van der Waals surface area contributed by atoms with E-state index in [1.807, 2.05) is 0 Å². The number of pyridine rings is 1. The molecule has 0 aliphatic carbocycles.